The quantitative estimate of drug-likeness (QED) is 0.869. The summed E-state index contributed by atoms with van der Waals surface area (Å²) in [5, 5.41) is 0. The van der Waals surface area contributed by atoms with Gasteiger partial charge in [-0.25, -0.2) is 0 Å². The molecule has 18 heavy (non-hydrogen) atoms. The van der Waals surface area contributed by atoms with Gasteiger partial charge < -0.3 is 5.73 Å². The lowest BCUT2D eigenvalue weighted by molar-refractivity contribution is 0.683. The van der Waals surface area contributed by atoms with Gasteiger partial charge in [-0.2, -0.15) is 0 Å². The predicted molar refractivity (Wildman–Crippen MR) is 78.4 cm³/mol. The molecule has 2 N–H and O–H groups in total. The van der Waals surface area contributed by atoms with E-state index in [4.69, 9.17) is 17.3 Å². The Morgan fingerprint density at radius 2 is 1.83 bits per heavy atom. The minimum atomic E-state index is -0.0465. The van der Waals surface area contributed by atoms with Gasteiger partial charge >= 0.3 is 0 Å². The zero-order valence-corrected chi connectivity index (χ0v) is 11.7. The molecule has 1 heterocycles. The fourth-order valence-corrected chi connectivity index (χ4v) is 3.70. The Morgan fingerprint density at radius 1 is 1.06 bits per heavy atom. The average Bonchev–Trinajstić information content (AvgIpc) is 2.84. The van der Waals surface area contributed by atoms with Crippen LogP contribution in [-0.4, -0.2) is 0 Å². The lowest BCUT2D eigenvalue weighted by atomic mass is 9.89. The molecule has 94 valence electrons. The van der Waals surface area contributed by atoms with E-state index in [0.29, 0.717) is 0 Å². The first-order chi connectivity index (χ1) is 8.74. The first-order valence-electron chi connectivity index (χ1n) is 6.36. The highest BCUT2D eigenvalue weighted by molar-refractivity contribution is 7.16. The number of fused-ring (bicyclic) bond motifs is 1. The molecule has 3 rings (SSSR count). The highest BCUT2D eigenvalue weighted by Crippen LogP contribution is 2.31. The number of benzene rings is 1. The topological polar surface area (TPSA) is 26.0 Å². The molecule has 0 radical (unpaired) electrons. The van der Waals surface area contributed by atoms with E-state index in [2.05, 4.69) is 18.2 Å². The maximum absolute atomic E-state index is 6.31. The van der Waals surface area contributed by atoms with Crippen molar-refractivity contribution >= 4 is 22.9 Å². The van der Waals surface area contributed by atoms with Gasteiger partial charge in [0.2, 0.25) is 0 Å². The summed E-state index contributed by atoms with van der Waals surface area (Å²) in [5.41, 5.74) is 10.5. The van der Waals surface area contributed by atoms with Crippen molar-refractivity contribution in [3.63, 3.8) is 0 Å². The zero-order chi connectivity index (χ0) is 12.5. The van der Waals surface area contributed by atoms with Gasteiger partial charge in [0.25, 0.3) is 0 Å². The van der Waals surface area contributed by atoms with Crippen LogP contribution in [0, 0.1) is 0 Å². The monoisotopic (exact) mass is 277 g/mol. The van der Waals surface area contributed by atoms with E-state index >= 15 is 0 Å². The average molecular weight is 278 g/mol. The van der Waals surface area contributed by atoms with E-state index in [-0.39, 0.29) is 6.04 Å². The first-order valence-corrected chi connectivity index (χ1v) is 7.56. The molecule has 0 fully saturated rings. The summed E-state index contributed by atoms with van der Waals surface area (Å²) in [7, 11) is 0. The van der Waals surface area contributed by atoms with E-state index in [1.54, 1.807) is 11.3 Å². The Morgan fingerprint density at radius 3 is 2.56 bits per heavy atom. The number of hydrogen-bond acceptors (Lipinski definition) is 2. The number of thiophene rings is 1. The van der Waals surface area contributed by atoms with Gasteiger partial charge in [-0.15, -0.1) is 11.3 Å². The molecule has 1 nitrogen and oxygen atoms in total. The van der Waals surface area contributed by atoms with Gasteiger partial charge in [0.15, 0.2) is 0 Å². The molecule has 1 unspecified atom stereocenters. The summed E-state index contributed by atoms with van der Waals surface area (Å²) < 4.78 is 0.804. The number of rotatable bonds is 2. The van der Waals surface area contributed by atoms with E-state index in [1.165, 1.54) is 42.4 Å². The van der Waals surface area contributed by atoms with Crippen molar-refractivity contribution in [3.05, 3.63) is 56.2 Å². The number of hydrogen-bond donors (Lipinski definition) is 1. The third kappa shape index (κ3) is 2.33. The standard InChI is InChI=1S/C15H16ClNS/c16-14-8-7-13(18-14)15(17)12-6-5-10-3-1-2-4-11(10)9-12/h5-9,15H,1-4,17H2. The maximum atomic E-state index is 6.31. The molecule has 0 bridgehead atoms. The van der Waals surface area contributed by atoms with Crippen LogP contribution in [0.5, 0.6) is 0 Å². The molecule has 1 atom stereocenters. The summed E-state index contributed by atoms with van der Waals surface area (Å²) in [6.45, 7) is 0. The van der Waals surface area contributed by atoms with Crippen LogP contribution >= 0.6 is 22.9 Å². The molecule has 0 saturated heterocycles. The molecular weight excluding hydrogens is 262 g/mol. The van der Waals surface area contributed by atoms with E-state index in [0.717, 1.165) is 9.21 Å². The van der Waals surface area contributed by atoms with Crippen molar-refractivity contribution in [1.82, 2.24) is 0 Å². The Hall–Kier alpha value is -0.830. The SMILES string of the molecule is NC(c1ccc2c(c1)CCCC2)c1ccc(Cl)s1. The number of halogens is 1. The largest absolute Gasteiger partial charge is 0.320 e. The van der Waals surface area contributed by atoms with E-state index in [9.17, 15) is 0 Å². The molecule has 0 amide bonds. The van der Waals surface area contributed by atoms with E-state index < -0.39 is 0 Å². The molecule has 2 aromatic rings. The molecule has 0 aliphatic heterocycles. The molecule has 1 aromatic carbocycles. The predicted octanol–water partition coefficient (Wildman–Crippen LogP) is 4.33. The molecule has 0 spiro atoms. The molecule has 1 aromatic heterocycles. The Kier molecular flexibility index (Phi) is 3.42. The molecule has 0 saturated carbocycles. The van der Waals surface area contributed by atoms with Crippen LogP contribution in [-0.2, 0) is 12.8 Å². The third-order valence-corrected chi connectivity index (χ3v) is 4.95. The van der Waals surface area contributed by atoms with Crippen molar-refractivity contribution in [2.75, 3.05) is 0 Å². The van der Waals surface area contributed by atoms with Crippen LogP contribution < -0.4 is 5.73 Å². The van der Waals surface area contributed by atoms with Crippen LogP contribution in [0.4, 0.5) is 0 Å². The van der Waals surface area contributed by atoms with Gasteiger partial charge in [-0.05, 0) is 54.5 Å². The second-order valence-corrected chi connectivity index (χ2v) is 6.60. The van der Waals surface area contributed by atoms with Crippen molar-refractivity contribution in [1.29, 1.82) is 0 Å². The number of nitrogens with two attached hydrogens (primary N) is 1. The van der Waals surface area contributed by atoms with Crippen molar-refractivity contribution < 1.29 is 0 Å². The minimum absolute atomic E-state index is 0.0465. The summed E-state index contributed by atoms with van der Waals surface area (Å²) in [4.78, 5) is 1.13. The van der Waals surface area contributed by atoms with Crippen LogP contribution in [0.2, 0.25) is 4.34 Å². The van der Waals surface area contributed by atoms with Gasteiger partial charge in [0.05, 0.1) is 10.4 Å². The number of aryl methyl sites for hydroxylation is 2. The fraction of sp³-hybridized carbons (Fsp3) is 0.333. The van der Waals surface area contributed by atoms with Gasteiger partial charge in [0, 0.05) is 4.88 Å². The molecular formula is C15H16ClNS. The maximum Gasteiger partial charge on any atom is 0.0931 e. The van der Waals surface area contributed by atoms with Crippen LogP contribution in [0.25, 0.3) is 0 Å². The first kappa shape index (κ1) is 12.2. The highest BCUT2D eigenvalue weighted by Gasteiger charge is 2.15. The lowest BCUT2D eigenvalue weighted by Crippen LogP contribution is -2.12. The highest BCUT2D eigenvalue weighted by atomic mass is 35.5. The van der Waals surface area contributed by atoms with Crippen molar-refractivity contribution in [2.24, 2.45) is 5.73 Å². The Balaban J connectivity index is 1.92. The lowest BCUT2D eigenvalue weighted by Gasteiger charge is -2.18. The molecule has 3 heteroatoms. The fourth-order valence-electron chi connectivity index (χ4n) is 2.61. The smallest absolute Gasteiger partial charge is 0.0931 e. The molecule has 1 aliphatic rings. The summed E-state index contributed by atoms with van der Waals surface area (Å²) in [6.07, 6.45) is 5.03. The second-order valence-electron chi connectivity index (χ2n) is 4.85. The normalized spacial score (nSPS) is 16.3. The third-order valence-electron chi connectivity index (χ3n) is 3.63. The minimum Gasteiger partial charge on any atom is -0.320 e. The van der Waals surface area contributed by atoms with Crippen LogP contribution in [0.15, 0.2) is 30.3 Å². The Labute approximate surface area is 117 Å². The van der Waals surface area contributed by atoms with Crippen LogP contribution in [0.3, 0.4) is 0 Å². The van der Waals surface area contributed by atoms with Gasteiger partial charge in [-0.3, -0.25) is 0 Å². The summed E-state index contributed by atoms with van der Waals surface area (Å²) in [5.74, 6) is 0. The van der Waals surface area contributed by atoms with Gasteiger partial charge in [-0.1, -0.05) is 29.8 Å². The van der Waals surface area contributed by atoms with Crippen LogP contribution in [0.1, 0.15) is 40.5 Å². The Bertz CT molecular complexity index is 561. The van der Waals surface area contributed by atoms with Crippen molar-refractivity contribution in [2.45, 2.75) is 31.7 Å². The molecule has 1 aliphatic carbocycles. The van der Waals surface area contributed by atoms with Crippen molar-refractivity contribution in [3.8, 4) is 0 Å². The second kappa shape index (κ2) is 5.04. The summed E-state index contributed by atoms with van der Waals surface area (Å²) >= 11 is 7.54. The summed E-state index contributed by atoms with van der Waals surface area (Å²) in [6, 6.07) is 10.6. The van der Waals surface area contributed by atoms with Gasteiger partial charge in [0.1, 0.15) is 0 Å². The van der Waals surface area contributed by atoms with E-state index in [1.807, 2.05) is 12.1 Å². The zero-order valence-electron chi connectivity index (χ0n) is 10.2.